The third-order valence-corrected chi connectivity index (χ3v) is 4.79. The van der Waals surface area contributed by atoms with Gasteiger partial charge in [-0.15, -0.1) is 0 Å². The fourth-order valence-electron chi connectivity index (χ4n) is 3.21. The second-order valence-electron chi connectivity index (χ2n) is 6.97. The van der Waals surface area contributed by atoms with Crippen LogP contribution in [0.5, 0.6) is 0 Å². The summed E-state index contributed by atoms with van der Waals surface area (Å²) in [6.45, 7) is 0.681. The molecular formula is C22H23N7O3. The van der Waals surface area contributed by atoms with Crippen LogP contribution in [0.4, 0.5) is 17.2 Å². The number of nitrogens with two attached hydrogens (primary N) is 1. The number of anilines is 2. The van der Waals surface area contributed by atoms with E-state index in [1.165, 1.54) is 6.07 Å². The van der Waals surface area contributed by atoms with Crippen LogP contribution >= 0.6 is 0 Å². The molecule has 0 fully saturated rings. The number of carbonyl (C=O) groups is 1. The first-order valence-electron chi connectivity index (χ1n) is 10.1. The summed E-state index contributed by atoms with van der Waals surface area (Å²) >= 11 is 0. The summed E-state index contributed by atoms with van der Waals surface area (Å²) in [7, 11) is 0. The van der Waals surface area contributed by atoms with Crippen LogP contribution in [0.15, 0.2) is 54.6 Å². The fourth-order valence-corrected chi connectivity index (χ4v) is 3.21. The highest BCUT2D eigenvalue weighted by Gasteiger charge is 2.16. The highest BCUT2D eigenvalue weighted by Crippen LogP contribution is 2.23. The minimum absolute atomic E-state index is 0.0320. The molecule has 0 spiro atoms. The third kappa shape index (κ3) is 5.40. The van der Waals surface area contributed by atoms with Crippen molar-refractivity contribution in [1.29, 1.82) is 5.26 Å². The predicted molar refractivity (Wildman–Crippen MR) is 120 cm³/mol. The van der Waals surface area contributed by atoms with Crippen molar-refractivity contribution >= 4 is 23.1 Å². The van der Waals surface area contributed by atoms with Gasteiger partial charge in [0, 0.05) is 25.6 Å². The van der Waals surface area contributed by atoms with E-state index in [9.17, 15) is 20.2 Å². The molecule has 0 saturated heterocycles. The van der Waals surface area contributed by atoms with Gasteiger partial charge in [-0.1, -0.05) is 30.3 Å². The second kappa shape index (κ2) is 10.6. The zero-order valence-electron chi connectivity index (χ0n) is 17.3. The Morgan fingerprint density at radius 1 is 1.16 bits per heavy atom. The van der Waals surface area contributed by atoms with E-state index >= 15 is 0 Å². The van der Waals surface area contributed by atoms with Crippen LogP contribution in [0.3, 0.4) is 0 Å². The number of aryl methyl sites for hydroxylation is 1. The molecule has 0 radical (unpaired) electrons. The van der Waals surface area contributed by atoms with E-state index in [1.54, 1.807) is 22.9 Å². The maximum absolute atomic E-state index is 12.1. The molecule has 4 N–H and O–H groups in total. The van der Waals surface area contributed by atoms with Crippen molar-refractivity contribution in [3.63, 3.8) is 0 Å². The number of amides is 1. The molecule has 0 atom stereocenters. The first kappa shape index (κ1) is 22.3. The molecule has 0 bridgehead atoms. The second-order valence-corrected chi connectivity index (χ2v) is 6.97. The van der Waals surface area contributed by atoms with E-state index in [1.807, 2.05) is 30.3 Å². The van der Waals surface area contributed by atoms with Gasteiger partial charge in [0.15, 0.2) is 0 Å². The van der Waals surface area contributed by atoms with Crippen molar-refractivity contribution in [1.82, 2.24) is 15.1 Å². The Morgan fingerprint density at radius 2 is 1.88 bits per heavy atom. The van der Waals surface area contributed by atoms with Gasteiger partial charge in [0.05, 0.1) is 16.3 Å². The van der Waals surface area contributed by atoms with Crippen LogP contribution < -0.4 is 16.4 Å². The molecule has 164 valence electrons. The summed E-state index contributed by atoms with van der Waals surface area (Å²) in [6.07, 6.45) is 1.25. The van der Waals surface area contributed by atoms with Gasteiger partial charge in [0.25, 0.3) is 5.69 Å². The molecule has 1 amide bonds. The normalized spacial score (nSPS) is 10.3. The number of para-hydroxylation sites is 3. The zero-order valence-corrected chi connectivity index (χ0v) is 17.3. The van der Waals surface area contributed by atoms with Crippen LogP contribution in [0.2, 0.25) is 0 Å². The van der Waals surface area contributed by atoms with Gasteiger partial charge in [-0.25, -0.2) is 4.68 Å². The standard InChI is InChI=1S/C22H23N7O3/c23-15-17-18(27-28(22(17)24)16-7-2-1-3-8-16)10-6-13-26-21(30)12-14-25-19-9-4-5-11-20(19)29(31)32/h1-5,7-9,11,25H,6,10,12-14,24H2,(H,26,30). The molecule has 32 heavy (non-hydrogen) atoms. The molecule has 1 heterocycles. The molecule has 10 nitrogen and oxygen atoms in total. The summed E-state index contributed by atoms with van der Waals surface area (Å²) in [4.78, 5) is 22.6. The molecule has 0 unspecified atom stereocenters. The number of aromatic nitrogens is 2. The third-order valence-electron chi connectivity index (χ3n) is 4.79. The van der Waals surface area contributed by atoms with Crippen LogP contribution in [0.1, 0.15) is 24.1 Å². The average molecular weight is 433 g/mol. The summed E-state index contributed by atoms with van der Waals surface area (Å²) in [5.41, 5.74) is 8.13. The molecule has 3 aromatic rings. The largest absolute Gasteiger partial charge is 0.382 e. The molecule has 3 rings (SSSR count). The predicted octanol–water partition coefficient (Wildman–Crippen LogP) is 2.79. The Hall–Kier alpha value is -4.39. The van der Waals surface area contributed by atoms with E-state index in [0.717, 1.165) is 5.69 Å². The molecule has 0 saturated carbocycles. The Kier molecular flexibility index (Phi) is 7.37. The van der Waals surface area contributed by atoms with Crippen molar-refractivity contribution in [2.75, 3.05) is 24.1 Å². The molecule has 0 aliphatic rings. The molecule has 0 aliphatic carbocycles. The molecule has 0 aliphatic heterocycles. The zero-order chi connectivity index (χ0) is 22.9. The number of hydrogen-bond donors (Lipinski definition) is 3. The van der Waals surface area contributed by atoms with Crippen LogP contribution in [-0.2, 0) is 11.2 Å². The number of nitrogens with one attached hydrogen (secondary N) is 2. The quantitative estimate of drug-likeness (QED) is 0.252. The monoisotopic (exact) mass is 433 g/mol. The van der Waals surface area contributed by atoms with Gasteiger partial charge >= 0.3 is 0 Å². The number of benzene rings is 2. The number of nitrogens with zero attached hydrogens (tertiary/aromatic N) is 4. The number of nitrogen functional groups attached to an aromatic ring is 1. The minimum atomic E-state index is -0.468. The van der Waals surface area contributed by atoms with Gasteiger partial charge in [0.2, 0.25) is 5.91 Å². The number of nitro groups is 1. The maximum Gasteiger partial charge on any atom is 0.292 e. The van der Waals surface area contributed by atoms with Crippen molar-refractivity contribution in [3.8, 4) is 11.8 Å². The van der Waals surface area contributed by atoms with Crippen molar-refractivity contribution in [2.45, 2.75) is 19.3 Å². The lowest BCUT2D eigenvalue weighted by atomic mass is 10.1. The smallest absolute Gasteiger partial charge is 0.292 e. The van der Waals surface area contributed by atoms with Gasteiger partial charge in [-0.2, -0.15) is 10.4 Å². The van der Waals surface area contributed by atoms with Gasteiger partial charge in [0.1, 0.15) is 23.1 Å². The van der Waals surface area contributed by atoms with Crippen LogP contribution in [-0.4, -0.2) is 33.7 Å². The van der Waals surface area contributed by atoms with Crippen molar-refractivity contribution in [2.24, 2.45) is 0 Å². The Labute approximate surface area is 184 Å². The summed E-state index contributed by atoms with van der Waals surface area (Å²) in [6, 6.07) is 17.7. The minimum Gasteiger partial charge on any atom is -0.382 e. The van der Waals surface area contributed by atoms with E-state index < -0.39 is 4.92 Å². The van der Waals surface area contributed by atoms with Crippen LogP contribution in [0, 0.1) is 21.4 Å². The summed E-state index contributed by atoms with van der Waals surface area (Å²) in [5.74, 6) is 0.115. The number of nitriles is 1. The number of rotatable bonds is 10. The number of hydrogen-bond acceptors (Lipinski definition) is 7. The maximum atomic E-state index is 12.1. The SMILES string of the molecule is N#Cc1c(CCCNC(=O)CCNc2ccccc2[N+](=O)[O-])nn(-c2ccccc2)c1N. The van der Waals surface area contributed by atoms with Crippen molar-refractivity contribution in [3.05, 3.63) is 76.0 Å². The first-order valence-corrected chi connectivity index (χ1v) is 10.1. The molecular weight excluding hydrogens is 410 g/mol. The lowest BCUT2D eigenvalue weighted by molar-refractivity contribution is -0.384. The lowest BCUT2D eigenvalue weighted by Crippen LogP contribution is -2.26. The van der Waals surface area contributed by atoms with E-state index in [4.69, 9.17) is 5.73 Å². The first-order chi connectivity index (χ1) is 15.5. The molecule has 2 aromatic carbocycles. The summed E-state index contributed by atoms with van der Waals surface area (Å²) < 4.78 is 1.54. The highest BCUT2D eigenvalue weighted by atomic mass is 16.6. The van der Waals surface area contributed by atoms with Crippen LogP contribution in [0.25, 0.3) is 5.69 Å². The van der Waals surface area contributed by atoms with E-state index in [-0.39, 0.29) is 24.6 Å². The Morgan fingerprint density at radius 3 is 2.59 bits per heavy atom. The molecule has 10 heteroatoms. The topological polar surface area (TPSA) is 152 Å². The van der Waals surface area contributed by atoms with Crippen molar-refractivity contribution < 1.29 is 9.72 Å². The van der Waals surface area contributed by atoms with Gasteiger partial charge in [-0.05, 0) is 31.0 Å². The summed E-state index contributed by atoms with van der Waals surface area (Å²) in [5, 5.41) is 30.6. The average Bonchev–Trinajstić information content (AvgIpc) is 3.12. The highest BCUT2D eigenvalue weighted by molar-refractivity contribution is 5.76. The number of carbonyl (C=O) groups excluding carboxylic acids is 1. The fraction of sp³-hybridized carbons (Fsp3) is 0.227. The molecule has 1 aromatic heterocycles. The lowest BCUT2D eigenvalue weighted by Gasteiger charge is -2.07. The van der Waals surface area contributed by atoms with E-state index in [2.05, 4.69) is 21.8 Å². The Balaban J connectivity index is 1.46. The Bertz CT molecular complexity index is 1140. The van der Waals surface area contributed by atoms with Gasteiger partial charge in [-0.3, -0.25) is 14.9 Å². The van der Waals surface area contributed by atoms with E-state index in [0.29, 0.717) is 42.1 Å². The van der Waals surface area contributed by atoms with Gasteiger partial charge < -0.3 is 16.4 Å². The number of nitro benzene ring substituents is 1.